The normalized spacial score (nSPS) is 26.6. The number of β-lactam (4-membered cyclic amide) rings is 1. The molecule has 2 aliphatic rings. The number of fused-ring (bicyclic) bond motifs is 1. The first kappa shape index (κ1) is 16.1. The van der Waals surface area contributed by atoms with Gasteiger partial charge in [0.25, 0.3) is 5.91 Å². The molecule has 1 aromatic heterocycles. The van der Waals surface area contributed by atoms with Gasteiger partial charge in [-0.25, -0.2) is 4.79 Å². The highest BCUT2D eigenvalue weighted by Crippen LogP contribution is 2.52. The van der Waals surface area contributed by atoms with Crippen LogP contribution in [0.4, 0.5) is 0 Å². The minimum Gasteiger partial charge on any atom is -0.477 e. The molecule has 1 saturated heterocycles. The molecule has 1 aromatic rings. The van der Waals surface area contributed by atoms with Crippen LogP contribution in [0.5, 0.6) is 0 Å². The number of nitrogens with one attached hydrogen (secondary N) is 1. The summed E-state index contributed by atoms with van der Waals surface area (Å²) >= 11 is 2.88. The Balaban J connectivity index is 2.08. The van der Waals surface area contributed by atoms with Crippen LogP contribution >= 0.6 is 23.1 Å². The van der Waals surface area contributed by atoms with Crippen molar-refractivity contribution in [1.29, 1.82) is 0 Å². The molecule has 1 unspecified atom stereocenters. The van der Waals surface area contributed by atoms with Gasteiger partial charge in [-0.15, -0.1) is 23.1 Å². The first-order chi connectivity index (χ1) is 10.9. The van der Waals surface area contributed by atoms with Crippen LogP contribution in [0, 0.1) is 0 Å². The van der Waals surface area contributed by atoms with Crippen molar-refractivity contribution in [2.24, 2.45) is 0 Å². The molecule has 8 heteroatoms. The van der Waals surface area contributed by atoms with E-state index in [1.54, 1.807) is 6.07 Å². The molecule has 122 valence electrons. The summed E-state index contributed by atoms with van der Waals surface area (Å²) in [5.41, 5.74) is -0.349. The van der Waals surface area contributed by atoms with Crippen LogP contribution < -0.4 is 5.32 Å². The van der Waals surface area contributed by atoms with Gasteiger partial charge >= 0.3 is 5.97 Å². The molecular weight excluding hydrogens is 336 g/mol. The zero-order valence-electron chi connectivity index (χ0n) is 12.7. The van der Waals surface area contributed by atoms with Gasteiger partial charge in [0, 0.05) is 17.6 Å². The van der Waals surface area contributed by atoms with E-state index >= 15 is 0 Å². The maximum absolute atomic E-state index is 12.9. The number of carbonyl (C=O) groups is 3. The fourth-order valence-electron chi connectivity index (χ4n) is 3.07. The maximum atomic E-state index is 12.9. The van der Waals surface area contributed by atoms with Gasteiger partial charge in [-0.1, -0.05) is 13.0 Å². The summed E-state index contributed by atoms with van der Waals surface area (Å²) < 4.78 is 0. The molecule has 0 aliphatic carbocycles. The average Bonchev–Trinajstić information content (AvgIpc) is 3.04. The number of thioether (sulfide) groups is 1. The molecule has 23 heavy (non-hydrogen) atoms. The topological polar surface area (TPSA) is 86.7 Å². The molecule has 6 nitrogen and oxygen atoms in total. The average molecular weight is 352 g/mol. The van der Waals surface area contributed by atoms with Gasteiger partial charge in [-0.05, 0) is 23.4 Å². The molecule has 3 heterocycles. The van der Waals surface area contributed by atoms with Crippen LogP contribution in [0.1, 0.15) is 25.1 Å². The van der Waals surface area contributed by atoms with Gasteiger partial charge in [0.2, 0.25) is 5.91 Å². The Morgan fingerprint density at radius 1 is 1.52 bits per heavy atom. The summed E-state index contributed by atoms with van der Waals surface area (Å²) in [6, 6.07) is 3.62. The van der Waals surface area contributed by atoms with Crippen molar-refractivity contribution in [2.75, 3.05) is 5.75 Å². The molecule has 2 atom stereocenters. The standard InChI is InChI=1S/C15H16N2O4S2/c1-3-9-7-23-14-15(16-8(2)18,10-5-4-6-22-10)13(21)17(14)11(9)12(19)20/h4-6,14H,3,7H2,1-2H3,(H,16,18)(H,19,20)/t14-,15?/m0/s1. The molecule has 0 saturated carbocycles. The van der Waals surface area contributed by atoms with Gasteiger partial charge in [-0.3, -0.25) is 14.5 Å². The van der Waals surface area contributed by atoms with Crippen LogP contribution in [0.2, 0.25) is 0 Å². The van der Waals surface area contributed by atoms with Crippen molar-refractivity contribution in [3.8, 4) is 0 Å². The number of rotatable bonds is 4. The summed E-state index contributed by atoms with van der Waals surface area (Å²) in [4.78, 5) is 38.3. The van der Waals surface area contributed by atoms with Crippen LogP contribution in [0.15, 0.2) is 28.8 Å². The number of aliphatic carboxylic acids is 1. The van der Waals surface area contributed by atoms with Crippen molar-refractivity contribution in [3.63, 3.8) is 0 Å². The van der Waals surface area contributed by atoms with Gasteiger partial charge in [0.05, 0.1) is 0 Å². The summed E-state index contributed by atoms with van der Waals surface area (Å²) in [5, 5.41) is 13.7. The number of hydrogen-bond donors (Lipinski definition) is 2. The third kappa shape index (κ3) is 2.20. The van der Waals surface area contributed by atoms with E-state index < -0.39 is 16.9 Å². The van der Waals surface area contributed by atoms with E-state index in [0.717, 1.165) is 10.5 Å². The molecule has 2 aliphatic heterocycles. The molecule has 2 N–H and O–H groups in total. The number of hydrogen-bond acceptors (Lipinski definition) is 5. The number of carbonyl (C=O) groups excluding carboxylic acids is 2. The van der Waals surface area contributed by atoms with E-state index in [-0.39, 0.29) is 17.5 Å². The summed E-state index contributed by atoms with van der Waals surface area (Å²) in [7, 11) is 0. The maximum Gasteiger partial charge on any atom is 0.352 e. The zero-order valence-corrected chi connectivity index (χ0v) is 14.3. The van der Waals surface area contributed by atoms with Gasteiger partial charge in [0.1, 0.15) is 11.1 Å². The minimum atomic E-state index is -1.16. The number of amides is 2. The van der Waals surface area contributed by atoms with E-state index in [4.69, 9.17) is 0 Å². The molecule has 1 fully saturated rings. The lowest BCUT2D eigenvalue weighted by Crippen LogP contribution is -2.77. The Morgan fingerprint density at radius 2 is 2.26 bits per heavy atom. The zero-order chi connectivity index (χ0) is 16.8. The third-order valence-electron chi connectivity index (χ3n) is 4.06. The van der Waals surface area contributed by atoms with E-state index in [2.05, 4.69) is 5.32 Å². The van der Waals surface area contributed by atoms with Crippen LogP contribution in [-0.4, -0.2) is 38.9 Å². The van der Waals surface area contributed by atoms with Gasteiger partial charge in [-0.2, -0.15) is 0 Å². The first-order valence-corrected chi connectivity index (χ1v) is 9.09. The molecule has 0 bridgehead atoms. The Hall–Kier alpha value is -1.80. The highest BCUT2D eigenvalue weighted by molar-refractivity contribution is 8.00. The van der Waals surface area contributed by atoms with E-state index in [9.17, 15) is 19.5 Å². The molecule has 0 spiro atoms. The van der Waals surface area contributed by atoms with Gasteiger partial charge in [0.15, 0.2) is 5.54 Å². The highest BCUT2D eigenvalue weighted by Gasteiger charge is 2.66. The quantitative estimate of drug-likeness (QED) is 0.806. The van der Waals surface area contributed by atoms with Crippen LogP contribution in [0.25, 0.3) is 0 Å². The monoisotopic (exact) mass is 352 g/mol. The third-order valence-corrected chi connectivity index (χ3v) is 6.47. The fourth-order valence-corrected chi connectivity index (χ4v) is 5.63. The molecule has 3 rings (SSSR count). The predicted octanol–water partition coefficient (Wildman–Crippen LogP) is 1.74. The van der Waals surface area contributed by atoms with E-state index in [1.165, 1.54) is 34.9 Å². The number of thiophene rings is 1. The minimum absolute atomic E-state index is 0.0683. The van der Waals surface area contributed by atoms with Gasteiger partial charge < -0.3 is 10.4 Å². The second kappa shape index (κ2) is 5.68. The Morgan fingerprint density at radius 3 is 2.78 bits per heavy atom. The van der Waals surface area contributed by atoms with Crippen molar-refractivity contribution >= 4 is 40.9 Å². The highest BCUT2D eigenvalue weighted by atomic mass is 32.2. The van der Waals surface area contributed by atoms with Crippen molar-refractivity contribution in [2.45, 2.75) is 31.2 Å². The Bertz CT molecular complexity index is 713. The predicted molar refractivity (Wildman–Crippen MR) is 87.9 cm³/mol. The number of nitrogens with zero attached hydrogens (tertiary/aromatic N) is 1. The summed E-state index contributed by atoms with van der Waals surface area (Å²) in [5.74, 6) is -1.24. The van der Waals surface area contributed by atoms with Crippen molar-refractivity contribution in [3.05, 3.63) is 33.7 Å². The molecule has 2 amide bonds. The second-order valence-corrected chi connectivity index (χ2v) is 7.43. The van der Waals surface area contributed by atoms with Crippen LogP contribution in [-0.2, 0) is 19.9 Å². The Labute approximate surface area is 141 Å². The smallest absolute Gasteiger partial charge is 0.352 e. The number of carboxylic acids is 1. The molecular formula is C15H16N2O4S2. The lowest BCUT2D eigenvalue weighted by molar-refractivity contribution is -0.159. The molecule has 0 aromatic carbocycles. The largest absolute Gasteiger partial charge is 0.477 e. The summed E-state index contributed by atoms with van der Waals surface area (Å²) in [6.07, 6.45) is 0.581. The van der Waals surface area contributed by atoms with Crippen molar-refractivity contribution in [1.82, 2.24) is 10.2 Å². The van der Waals surface area contributed by atoms with Crippen molar-refractivity contribution < 1.29 is 19.5 Å². The Kier molecular flexibility index (Phi) is 3.97. The lowest BCUT2D eigenvalue weighted by atomic mass is 9.84. The van der Waals surface area contributed by atoms with Crippen LogP contribution in [0.3, 0.4) is 0 Å². The first-order valence-electron chi connectivity index (χ1n) is 7.16. The second-order valence-electron chi connectivity index (χ2n) is 5.42. The number of carboxylic acid groups (broad SMARTS) is 1. The lowest BCUT2D eigenvalue weighted by Gasteiger charge is -2.56. The summed E-state index contributed by atoms with van der Waals surface area (Å²) in [6.45, 7) is 3.24. The molecule has 0 radical (unpaired) electrons. The fraction of sp³-hybridized carbons (Fsp3) is 0.400. The van der Waals surface area contributed by atoms with E-state index in [0.29, 0.717) is 12.2 Å². The van der Waals surface area contributed by atoms with E-state index in [1.807, 2.05) is 18.4 Å². The SMILES string of the molecule is CCC1=C(C(=O)O)N2C(=O)C(NC(C)=O)(c3cccs3)[C@@H]2SC1.